The SMILES string of the molecule is Cl.NCCCC(=O)CCCCC(=O)CCCNC(=O)OCC1c2ccccc2-c2ccccc21. The Bertz CT molecular complexity index is 918. The second-order valence-corrected chi connectivity index (χ2v) is 8.53. The number of halogens is 1. The van der Waals surface area contributed by atoms with E-state index in [-0.39, 0.29) is 36.5 Å². The number of ether oxygens (including phenoxy) is 1. The molecule has 0 unspecified atom stereocenters. The van der Waals surface area contributed by atoms with Gasteiger partial charge in [-0.1, -0.05) is 48.5 Å². The minimum absolute atomic E-state index is 0. The molecule has 0 radical (unpaired) electrons. The van der Waals surface area contributed by atoms with Crippen LogP contribution in [0.3, 0.4) is 0 Å². The van der Waals surface area contributed by atoms with Crippen molar-refractivity contribution in [3.63, 3.8) is 0 Å². The van der Waals surface area contributed by atoms with Gasteiger partial charge in [0.05, 0.1) is 0 Å². The number of carbonyl (C=O) groups is 3. The number of ketones is 2. The van der Waals surface area contributed by atoms with E-state index < -0.39 is 6.09 Å². The molecule has 34 heavy (non-hydrogen) atoms. The van der Waals surface area contributed by atoms with E-state index in [1.807, 2.05) is 24.3 Å². The van der Waals surface area contributed by atoms with Crippen molar-refractivity contribution >= 4 is 30.1 Å². The normalized spacial score (nSPS) is 11.8. The highest BCUT2D eigenvalue weighted by atomic mass is 35.5. The number of carbonyl (C=O) groups excluding carboxylic acids is 3. The molecule has 7 heteroatoms. The molecule has 2 aromatic carbocycles. The van der Waals surface area contributed by atoms with E-state index >= 15 is 0 Å². The number of nitrogens with one attached hydrogen (secondary N) is 1. The van der Waals surface area contributed by atoms with Crippen LogP contribution in [-0.4, -0.2) is 37.4 Å². The lowest BCUT2D eigenvalue weighted by atomic mass is 9.98. The third kappa shape index (κ3) is 7.96. The number of Topliss-reactive ketones (excluding diaryl/α,β-unsaturated/α-hetero) is 2. The summed E-state index contributed by atoms with van der Waals surface area (Å²) in [6, 6.07) is 16.4. The molecule has 0 atom stereocenters. The van der Waals surface area contributed by atoms with Gasteiger partial charge >= 0.3 is 6.09 Å². The summed E-state index contributed by atoms with van der Waals surface area (Å²) >= 11 is 0. The fraction of sp³-hybridized carbons (Fsp3) is 0.444. The summed E-state index contributed by atoms with van der Waals surface area (Å²) in [7, 11) is 0. The Kier molecular flexibility index (Phi) is 11.8. The zero-order valence-corrected chi connectivity index (χ0v) is 20.4. The monoisotopic (exact) mass is 486 g/mol. The van der Waals surface area contributed by atoms with Crippen LogP contribution in [0.2, 0.25) is 0 Å². The topological polar surface area (TPSA) is 98.5 Å². The summed E-state index contributed by atoms with van der Waals surface area (Å²) in [4.78, 5) is 35.7. The first-order valence-electron chi connectivity index (χ1n) is 11.9. The molecule has 184 valence electrons. The first kappa shape index (κ1) is 27.5. The minimum Gasteiger partial charge on any atom is -0.449 e. The molecule has 1 aliphatic carbocycles. The highest BCUT2D eigenvalue weighted by Crippen LogP contribution is 2.44. The maximum Gasteiger partial charge on any atom is 0.407 e. The molecule has 1 aliphatic rings. The van der Waals surface area contributed by atoms with Crippen LogP contribution in [0.4, 0.5) is 4.79 Å². The van der Waals surface area contributed by atoms with Gasteiger partial charge < -0.3 is 15.8 Å². The molecule has 0 heterocycles. The molecule has 0 aliphatic heterocycles. The summed E-state index contributed by atoms with van der Waals surface area (Å²) in [6.45, 7) is 1.22. The van der Waals surface area contributed by atoms with E-state index in [0.717, 1.165) is 19.3 Å². The van der Waals surface area contributed by atoms with Crippen LogP contribution in [0.25, 0.3) is 11.1 Å². The Balaban J connectivity index is 0.00000408. The Hall–Kier alpha value is -2.70. The maximum absolute atomic E-state index is 12.2. The summed E-state index contributed by atoms with van der Waals surface area (Å²) in [5.74, 6) is 0.422. The zero-order valence-electron chi connectivity index (χ0n) is 19.6. The van der Waals surface area contributed by atoms with Gasteiger partial charge in [0.2, 0.25) is 0 Å². The fourth-order valence-corrected chi connectivity index (χ4v) is 4.32. The highest BCUT2D eigenvalue weighted by molar-refractivity contribution is 5.85. The van der Waals surface area contributed by atoms with Crippen molar-refractivity contribution in [2.45, 2.75) is 57.3 Å². The Labute approximate surface area is 208 Å². The minimum atomic E-state index is -0.458. The lowest BCUT2D eigenvalue weighted by Crippen LogP contribution is -2.27. The number of rotatable bonds is 14. The number of amides is 1. The lowest BCUT2D eigenvalue weighted by Gasteiger charge is -2.14. The summed E-state index contributed by atoms with van der Waals surface area (Å²) in [6.07, 6.45) is 4.29. The first-order chi connectivity index (χ1) is 16.1. The van der Waals surface area contributed by atoms with Gasteiger partial charge in [0, 0.05) is 38.1 Å². The van der Waals surface area contributed by atoms with Crippen molar-refractivity contribution in [2.75, 3.05) is 19.7 Å². The number of alkyl carbamates (subject to hydrolysis) is 1. The van der Waals surface area contributed by atoms with Crippen molar-refractivity contribution in [1.29, 1.82) is 0 Å². The molecule has 0 aromatic heterocycles. The van der Waals surface area contributed by atoms with E-state index in [0.29, 0.717) is 45.2 Å². The van der Waals surface area contributed by atoms with Gasteiger partial charge in [-0.25, -0.2) is 4.79 Å². The van der Waals surface area contributed by atoms with Crippen molar-refractivity contribution < 1.29 is 19.1 Å². The third-order valence-corrected chi connectivity index (χ3v) is 6.07. The van der Waals surface area contributed by atoms with E-state index in [9.17, 15) is 14.4 Å². The molecular weight excluding hydrogens is 452 g/mol. The van der Waals surface area contributed by atoms with Crippen molar-refractivity contribution in [3.8, 4) is 11.1 Å². The molecule has 6 nitrogen and oxygen atoms in total. The van der Waals surface area contributed by atoms with Crippen LogP contribution >= 0.6 is 12.4 Å². The molecule has 0 saturated carbocycles. The molecular formula is C27H35ClN2O4. The van der Waals surface area contributed by atoms with Crippen LogP contribution in [0.5, 0.6) is 0 Å². The molecule has 3 rings (SSSR count). The fourth-order valence-electron chi connectivity index (χ4n) is 4.32. The van der Waals surface area contributed by atoms with Crippen LogP contribution in [0, 0.1) is 0 Å². The predicted octanol–water partition coefficient (Wildman–Crippen LogP) is 5.16. The molecule has 0 saturated heterocycles. The summed E-state index contributed by atoms with van der Waals surface area (Å²) < 4.78 is 5.50. The number of hydrogen-bond acceptors (Lipinski definition) is 5. The van der Waals surface area contributed by atoms with Gasteiger partial charge in [0.15, 0.2) is 0 Å². The maximum atomic E-state index is 12.2. The third-order valence-electron chi connectivity index (χ3n) is 6.07. The first-order valence-corrected chi connectivity index (χ1v) is 11.9. The van der Waals surface area contributed by atoms with E-state index in [1.54, 1.807) is 0 Å². The molecule has 0 fully saturated rings. The van der Waals surface area contributed by atoms with E-state index in [4.69, 9.17) is 10.5 Å². The molecule has 1 amide bonds. The van der Waals surface area contributed by atoms with Gasteiger partial charge in [0.1, 0.15) is 18.2 Å². The van der Waals surface area contributed by atoms with Crippen LogP contribution in [-0.2, 0) is 14.3 Å². The number of benzene rings is 2. The quantitative estimate of drug-likeness (QED) is 0.359. The van der Waals surface area contributed by atoms with E-state index in [1.165, 1.54) is 22.3 Å². The van der Waals surface area contributed by atoms with Crippen molar-refractivity contribution in [2.24, 2.45) is 5.73 Å². The van der Waals surface area contributed by atoms with Gasteiger partial charge in [-0.2, -0.15) is 0 Å². The zero-order chi connectivity index (χ0) is 23.5. The van der Waals surface area contributed by atoms with Gasteiger partial charge in [-0.15, -0.1) is 12.4 Å². The molecule has 3 N–H and O–H groups in total. The average Bonchev–Trinajstić information content (AvgIpc) is 3.15. The summed E-state index contributed by atoms with van der Waals surface area (Å²) in [5.41, 5.74) is 10.1. The highest BCUT2D eigenvalue weighted by Gasteiger charge is 2.28. The van der Waals surface area contributed by atoms with Crippen LogP contribution < -0.4 is 11.1 Å². The molecule has 2 aromatic rings. The van der Waals surface area contributed by atoms with Crippen LogP contribution in [0.15, 0.2) is 48.5 Å². The van der Waals surface area contributed by atoms with Crippen molar-refractivity contribution in [3.05, 3.63) is 59.7 Å². The van der Waals surface area contributed by atoms with Gasteiger partial charge in [0.25, 0.3) is 0 Å². The van der Waals surface area contributed by atoms with Crippen molar-refractivity contribution in [1.82, 2.24) is 5.32 Å². The second-order valence-electron chi connectivity index (χ2n) is 8.53. The summed E-state index contributed by atoms with van der Waals surface area (Å²) in [5, 5.41) is 2.74. The number of unbranched alkanes of at least 4 members (excludes halogenated alkanes) is 1. The standard InChI is InChI=1S/C27H34N2O4.ClH/c28-17-7-11-20(30)9-1-2-10-21(31)12-8-18-29-27(32)33-19-26-24-15-5-3-13-22(24)23-14-4-6-16-25(23)26;/h3-6,13-16,26H,1-2,7-12,17-19,28H2,(H,29,32);1H. The Morgan fingerprint density at radius 2 is 1.26 bits per heavy atom. The molecule has 0 bridgehead atoms. The Morgan fingerprint density at radius 3 is 1.82 bits per heavy atom. The Morgan fingerprint density at radius 1 is 0.765 bits per heavy atom. The van der Waals surface area contributed by atoms with Crippen LogP contribution in [0.1, 0.15) is 68.4 Å². The van der Waals surface area contributed by atoms with Gasteiger partial charge in [-0.05, 0) is 54.5 Å². The number of nitrogens with two attached hydrogens (primary N) is 1. The smallest absolute Gasteiger partial charge is 0.407 e. The number of fused-ring (bicyclic) bond motifs is 3. The van der Waals surface area contributed by atoms with Gasteiger partial charge in [-0.3, -0.25) is 9.59 Å². The second kappa shape index (κ2) is 14.5. The average molecular weight is 487 g/mol. The predicted molar refractivity (Wildman–Crippen MR) is 136 cm³/mol. The number of hydrogen-bond donors (Lipinski definition) is 2. The van der Waals surface area contributed by atoms with E-state index in [2.05, 4.69) is 29.6 Å². The molecule has 0 spiro atoms. The lowest BCUT2D eigenvalue weighted by molar-refractivity contribution is -0.121. The largest absolute Gasteiger partial charge is 0.449 e.